The monoisotopic (exact) mass is 982 g/mol. The van der Waals surface area contributed by atoms with Crippen LogP contribution in [0.1, 0.15) is 88.5 Å². The van der Waals surface area contributed by atoms with Gasteiger partial charge in [0.25, 0.3) is 10.1 Å². The first kappa shape index (κ1) is 51.4. The standard InChI is InChI=1S/C53H64FN5O8S2/c1-7-58(8-2)41-21-24-44-48(32-41)67-49-33-42(59(9-3)10-4)22-25-45(49)52(44)46-26-23-43(34-50(46)69(63,64)65)68(61,62)56-29-13-11-12-15-51(60)55-35-37-16-27-47-38(31-37)36-66-53(47,28-14-30-57(5)6)39-17-19-40(54)20-18-39/h16-27,31-34,56H,7-15,28-30,35-36H2,1-6H3,(H-,55,60,63,64,65)/p+1/t53-/m0/s1. The molecule has 3 N–H and O–H groups in total. The molecule has 0 bridgehead atoms. The zero-order valence-corrected chi connectivity index (χ0v) is 42.1. The van der Waals surface area contributed by atoms with E-state index in [9.17, 15) is 30.6 Å². The van der Waals surface area contributed by atoms with E-state index in [1.807, 2.05) is 56.6 Å². The van der Waals surface area contributed by atoms with Gasteiger partial charge in [-0.3, -0.25) is 9.35 Å². The molecule has 2 heterocycles. The molecule has 1 atom stereocenters. The SMILES string of the molecule is CCN(CC)c1ccc2c(-c3ccc(S(=O)(=O)NCCCCCC(=O)NCc4ccc5c(c4)CO[C@@]5(CCCN(C)C)c4ccc(F)cc4)cc3S(=O)(=O)O)c3ccc(=[N+](CC)CC)cc-3oc2c1. The fourth-order valence-electron chi connectivity index (χ4n) is 9.49. The van der Waals surface area contributed by atoms with Crippen LogP contribution in [0.5, 0.6) is 0 Å². The molecule has 0 saturated heterocycles. The van der Waals surface area contributed by atoms with E-state index in [4.69, 9.17) is 9.15 Å². The predicted molar refractivity (Wildman–Crippen MR) is 270 cm³/mol. The highest BCUT2D eigenvalue weighted by Gasteiger charge is 2.41. The fraction of sp³-hybridized carbons (Fsp3) is 0.396. The molecule has 1 amide bonds. The molecule has 69 heavy (non-hydrogen) atoms. The zero-order chi connectivity index (χ0) is 49.5. The second-order valence-electron chi connectivity index (χ2n) is 17.8. The van der Waals surface area contributed by atoms with Crippen LogP contribution in [0, 0.1) is 5.82 Å². The number of nitrogens with one attached hydrogen (secondary N) is 2. The zero-order valence-electron chi connectivity index (χ0n) is 40.5. The molecule has 16 heteroatoms. The number of rotatable bonds is 22. The van der Waals surface area contributed by atoms with Crippen LogP contribution in [0.3, 0.4) is 0 Å². The second-order valence-corrected chi connectivity index (χ2v) is 21.0. The maximum Gasteiger partial charge on any atom is 0.295 e. The largest absolute Gasteiger partial charge is 0.456 e. The fourth-order valence-corrected chi connectivity index (χ4v) is 11.4. The first-order chi connectivity index (χ1) is 33.0. The van der Waals surface area contributed by atoms with Gasteiger partial charge in [-0.2, -0.15) is 8.42 Å². The van der Waals surface area contributed by atoms with Crippen LogP contribution in [0.4, 0.5) is 10.1 Å². The average molecular weight is 983 g/mol. The summed E-state index contributed by atoms with van der Waals surface area (Å²) < 4.78 is 95.9. The molecule has 0 unspecified atom stereocenters. The summed E-state index contributed by atoms with van der Waals surface area (Å²) in [5.41, 5.74) is 5.89. The van der Waals surface area contributed by atoms with Gasteiger partial charge in [0, 0.05) is 72.5 Å². The molecule has 4 aromatic rings. The molecule has 0 aromatic heterocycles. The summed E-state index contributed by atoms with van der Waals surface area (Å²) in [6.07, 6.45) is 3.40. The van der Waals surface area contributed by atoms with Crippen LogP contribution >= 0.6 is 0 Å². The Balaban J connectivity index is 0.998. The molecule has 0 saturated carbocycles. The molecular formula is C53H65FN5O8S2+. The van der Waals surface area contributed by atoms with Crippen molar-refractivity contribution in [3.8, 4) is 22.5 Å². The van der Waals surface area contributed by atoms with Gasteiger partial charge in [-0.05, 0) is 139 Å². The number of carbonyl (C=O) groups excluding carboxylic acids is 1. The number of fused-ring (bicyclic) bond motifs is 3. The Morgan fingerprint density at radius 3 is 2.26 bits per heavy atom. The van der Waals surface area contributed by atoms with Crippen LogP contribution in [-0.2, 0) is 48.4 Å². The Morgan fingerprint density at radius 1 is 0.826 bits per heavy atom. The minimum Gasteiger partial charge on any atom is -0.456 e. The van der Waals surface area contributed by atoms with Gasteiger partial charge >= 0.3 is 0 Å². The van der Waals surface area contributed by atoms with E-state index in [1.165, 1.54) is 24.3 Å². The minimum absolute atomic E-state index is 0.0534. The highest BCUT2D eigenvalue weighted by molar-refractivity contribution is 7.89. The molecule has 368 valence electrons. The van der Waals surface area contributed by atoms with E-state index >= 15 is 0 Å². The van der Waals surface area contributed by atoms with Crippen molar-refractivity contribution in [2.45, 2.75) is 94.8 Å². The van der Waals surface area contributed by atoms with Gasteiger partial charge in [0.1, 0.15) is 40.7 Å². The predicted octanol–water partition coefficient (Wildman–Crippen LogP) is 8.52. The summed E-state index contributed by atoms with van der Waals surface area (Å²) in [7, 11) is -5.09. The molecule has 2 aliphatic heterocycles. The maximum absolute atomic E-state index is 13.9. The lowest BCUT2D eigenvalue weighted by Crippen LogP contribution is -2.29. The Hall–Kier alpha value is -5.49. The normalized spacial score (nSPS) is 15.0. The van der Waals surface area contributed by atoms with E-state index in [2.05, 4.69) is 64.2 Å². The van der Waals surface area contributed by atoms with Crippen LogP contribution in [0.15, 0.2) is 111 Å². The summed E-state index contributed by atoms with van der Waals surface area (Å²) in [5, 5.41) is 4.51. The molecule has 0 radical (unpaired) electrons. The van der Waals surface area contributed by atoms with Crippen molar-refractivity contribution < 1.29 is 39.7 Å². The van der Waals surface area contributed by atoms with Crippen LogP contribution < -0.4 is 24.9 Å². The van der Waals surface area contributed by atoms with Gasteiger partial charge in [0.15, 0.2) is 0 Å². The van der Waals surface area contributed by atoms with Crippen molar-refractivity contribution in [3.05, 3.63) is 130 Å². The number of anilines is 1. The van der Waals surface area contributed by atoms with Crippen LogP contribution in [-0.4, -0.2) is 85.6 Å². The van der Waals surface area contributed by atoms with Crippen LogP contribution in [0.2, 0.25) is 0 Å². The van der Waals surface area contributed by atoms with E-state index in [0.29, 0.717) is 60.3 Å². The number of ether oxygens (including phenoxy) is 1. The Bertz CT molecular complexity index is 3060. The number of carbonyl (C=O) groups is 1. The second kappa shape index (κ2) is 22.1. The van der Waals surface area contributed by atoms with Crippen molar-refractivity contribution in [1.82, 2.24) is 19.5 Å². The molecule has 3 aliphatic rings. The van der Waals surface area contributed by atoms with E-state index < -0.39 is 30.6 Å². The van der Waals surface area contributed by atoms with Gasteiger partial charge in [-0.25, -0.2) is 22.1 Å². The lowest BCUT2D eigenvalue weighted by molar-refractivity contribution is -0.121. The molecule has 0 spiro atoms. The molecule has 0 fully saturated rings. The summed E-state index contributed by atoms with van der Waals surface area (Å²) in [5.74, 6) is 0.0750. The molecule has 7 rings (SSSR count). The quantitative estimate of drug-likeness (QED) is 0.0260. The molecule has 13 nitrogen and oxygen atoms in total. The number of amides is 1. The van der Waals surface area contributed by atoms with Crippen molar-refractivity contribution in [1.29, 1.82) is 0 Å². The van der Waals surface area contributed by atoms with Crippen molar-refractivity contribution in [2.75, 3.05) is 58.3 Å². The number of sulfonamides is 1. The van der Waals surface area contributed by atoms with E-state index in [-0.39, 0.29) is 35.1 Å². The molecular weight excluding hydrogens is 918 g/mol. The van der Waals surface area contributed by atoms with Crippen molar-refractivity contribution in [2.24, 2.45) is 0 Å². The lowest BCUT2D eigenvalue weighted by Gasteiger charge is -2.31. The number of hydrogen-bond donors (Lipinski definition) is 3. The third kappa shape index (κ3) is 11.6. The number of hydrogen-bond acceptors (Lipinski definition) is 9. The van der Waals surface area contributed by atoms with Gasteiger partial charge in [-0.15, -0.1) is 0 Å². The van der Waals surface area contributed by atoms with Crippen molar-refractivity contribution >= 4 is 42.7 Å². The number of unbranched alkanes of at least 4 members (excludes halogenated alkanes) is 2. The van der Waals surface area contributed by atoms with Crippen molar-refractivity contribution in [3.63, 3.8) is 0 Å². The van der Waals surface area contributed by atoms with Gasteiger partial charge in [0.05, 0.1) is 17.6 Å². The summed E-state index contributed by atoms with van der Waals surface area (Å²) in [6, 6.07) is 27.8. The first-order valence-electron chi connectivity index (χ1n) is 23.9. The number of nitrogens with zero attached hydrogens (tertiary/aromatic N) is 3. The minimum atomic E-state index is -4.94. The van der Waals surface area contributed by atoms with Crippen LogP contribution in [0.25, 0.3) is 33.4 Å². The lowest BCUT2D eigenvalue weighted by atomic mass is 9.81. The summed E-state index contributed by atoms with van der Waals surface area (Å²) >= 11 is 0. The summed E-state index contributed by atoms with van der Waals surface area (Å²) in [6.45, 7) is 13.0. The maximum atomic E-state index is 13.9. The Labute approximate surface area is 406 Å². The average Bonchev–Trinajstić information content (AvgIpc) is 3.69. The Kier molecular flexibility index (Phi) is 16.4. The Morgan fingerprint density at radius 2 is 1.57 bits per heavy atom. The first-order valence-corrected chi connectivity index (χ1v) is 26.8. The highest BCUT2D eigenvalue weighted by Crippen LogP contribution is 2.46. The third-order valence-corrected chi connectivity index (χ3v) is 15.5. The summed E-state index contributed by atoms with van der Waals surface area (Å²) in [4.78, 5) is 16.3. The number of halogens is 1. The smallest absolute Gasteiger partial charge is 0.295 e. The van der Waals surface area contributed by atoms with Gasteiger partial charge in [-0.1, -0.05) is 42.8 Å². The topological polar surface area (TPSA) is 162 Å². The number of benzene rings is 5. The van der Waals surface area contributed by atoms with E-state index in [0.717, 1.165) is 84.9 Å². The molecule has 4 aromatic carbocycles. The third-order valence-electron chi connectivity index (χ3n) is 13.1. The highest BCUT2D eigenvalue weighted by atomic mass is 32.2. The van der Waals surface area contributed by atoms with Gasteiger partial charge in [0.2, 0.25) is 21.3 Å². The van der Waals surface area contributed by atoms with E-state index in [1.54, 1.807) is 12.1 Å². The van der Waals surface area contributed by atoms with Gasteiger partial charge < -0.3 is 24.3 Å². The molecule has 1 aliphatic carbocycles.